The fraction of sp³-hybridized carbons (Fsp3) is 0.278. The number of hydrogen-bond donors (Lipinski definition) is 3. The second kappa shape index (κ2) is 6.66. The molecule has 4 N–H and O–H groups in total. The molecule has 0 spiro atoms. The Morgan fingerprint density at radius 2 is 2.15 bits per heavy atom. The smallest absolute Gasteiger partial charge is 0.352 e. The van der Waals surface area contributed by atoms with Crippen molar-refractivity contribution in [1.82, 2.24) is 10.2 Å². The van der Waals surface area contributed by atoms with E-state index in [0.717, 1.165) is 10.1 Å². The first-order valence-electron chi connectivity index (χ1n) is 8.29. The van der Waals surface area contributed by atoms with Gasteiger partial charge in [0, 0.05) is 10.5 Å². The van der Waals surface area contributed by atoms with Crippen molar-refractivity contribution < 1.29 is 19.5 Å². The first-order valence-corrected chi connectivity index (χ1v) is 10.2. The molecular weight excluding hydrogens is 386 g/mol. The number of amides is 2. The summed E-state index contributed by atoms with van der Waals surface area (Å²) >= 11 is 3.04. The average Bonchev–Trinajstić information content (AvgIpc) is 3.12. The maximum atomic E-state index is 12.6. The molecular formula is C18H17N3O4S2. The molecule has 0 bridgehead atoms. The lowest BCUT2D eigenvalue weighted by atomic mass is 10.0. The number of carboxylic acid groups (broad SMARTS) is 1. The molecule has 2 amide bonds. The number of nitrogens with one attached hydrogen (secondary N) is 1. The molecule has 1 saturated heterocycles. The van der Waals surface area contributed by atoms with Gasteiger partial charge >= 0.3 is 5.97 Å². The van der Waals surface area contributed by atoms with Gasteiger partial charge in [-0.05, 0) is 47.0 Å². The molecule has 3 atom stereocenters. The standard InChI is InChI=1S/C18H17N3O4S2/c1-8-7-27-17-13(16(23)21(17)14(8)18(24)25)20-15(22)12(19)10-2-3-11-9(6-10)4-5-26-11/h2-6,12-13,17H,7,19H2,1H3,(H,20,22)(H,24,25)/t12?,13-,17+/m1/s1. The summed E-state index contributed by atoms with van der Waals surface area (Å²) in [6.45, 7) is 1.70. The number of carboxylic acids is 1. The number of carbonyl (C=O) groups is 3. The third-order valence-electron chi connectivity index (χ3n) is 4.78. The Morgan fingerprint density at radius 1 is 1.37 bits per heavy atom. The predicted octanol–water partition coefficient (Wildman–Crippen LogP) is 1.66. The van der Waals surface area contributed by atoms with Crippen LogP contribution in [0.3, 0.4) is 0 Å². The van der Waals surface area contributed by atoms with E-state index in [1.54, 1.807) is 18.3 Å². The quantitative estimate of drug-likeness (QED) is 0.669. The molecule has 7 nitrogen and oxygen atoms in total. The zero-order chi connectivity index (χ0) is 19.3. The Labute approximate surface area is 163 Å². The van der Waals surface area contributed by atoms with E-state index in [0.29, 0.717) is 16.9 Å². The maximum Gasteiger partial charge on any atom is 0.352 e. The molecule has 140 valence electrons. The van der Waals surface area contributed by atoms with Gasteiger partial charge in [0.05, 0.1) is 0 Å². The summed E-state index contributed by atoms with van der Waals surface area (Å²) in [6.07, 6.45) is 0. The summed E-state index contributed by atoms with van der Waals surface area (Å²) in [4.78, 5) is 37.7. The van der Waals surface area contributed by atoms with Gasteiger partial charge in [-0.3, -0.25) is 14.5 Å². The summed E-state index contributed by atoms with van der Waals surface area (Å²) in [5.41, 5.74) is 7.42. The number of rotatable bonds is 4. The van der Waals surface area contributed by atoms with Crippen LogP contribution in [0.5, 0.6) is 0 Å². The Kier molecular flexibility index (Phi) is 4.45. The average molecular weight is 403 g/mol. The number of benzene rings is 1. The highest BCUT2D eigenvalue weighted by Gasteiger charge is 2.53. The van der Waals surface area contributed by atoms with Crippen molar-refractivity contribution in [2.45, 2.75) is 24.4 Å². The van der Waals surface area contributed by atoms with Crippen LogP contribution >= 0.6 is 23.1 Å². The molecule has 9 heteroatoms. The van der Waals surface area contributed by atoms with E-state index in [1.165, 1.54) is 16.7 Å². The second-order valence-electron chi connectivity index (χ2n) is 6.53. The van der Waals surface area contributed by atoms with E-state index in [-0.39, 0.29) is 5.70 Å². The molecule has 2 aromatic rings. The zero-order valence-corrected chi connectivity index (χ0v) is 16.0. The Hall–Kier alpha value is -2.36. The van der Waals surface area contributed by atoms with Gasteiger partial charge in [0.1, 0.15) is 23.2 Å². The van der Waals surface area contributed by atoms with Gasteiger partial charge in [0.2, 0.25) is 5.91 Å². The van der Waals surface area contributed by atoms with Crippen molar-refractivity contribution in [1.29, 1.82) is 0 Å². The minimum atomic E-state index is -1.13. The summed E-state index contributed by atoms with van der Waals surface area (Å²) in [5, 5.41) is 14.6. The Bertz CT molecular complexity index is 999. The summed E-state index contributed by atoms with van der Waals surface area (Å²) in [6, 6.07) is 5.89. The van der Waals surface area contributed by atoms with E-state index in [2.05, 4.69) is 5.32 Å². The third kappa shape index (κ3) is 2.91. The zero-order valence-electron chi connectivity index (χ0n) is 14.3. The van der Waals surface area contributed by atoms with Crippen molar-refractivity contribution in [3.63, 3.8) is 0 Å². The monoisotopic (exact) mass is 403 g/mol. The first kappa shape index (κ1) is 18.0. The first-order chi connectivity index (χ1) is 12.9. The van der Waals surface area contributed by atoms with Crippen LogP contribution in [0.1, 0.15) is 18.5 Å². The maximum absolute atomic E-state index is 12.6. The molecule has 2 aliphatic rings. The van der Waals surface area contributed by atoms with Crippen LogP contribution in [0.25, 0.3) is 10.1 Å². The van der Waals surface area contributed by atoms with Gasteiger partial charge in [-0.1, -0.05) is 6.07 Å². The van der Waals surface area contributed by atoms with Crippen LogP contribution in [-0.4, -0.2) is 45.0 Å². The fourth-order valence-electron chi connectivity index (χ4n) is 3.35. The summed E-state index contributed by atoms with van der Waals surface area (Å²) in [5.74, 6) is -1.50. The normalized spacial score (nSPS) is 23.0. The number of carbonyl (C=O) groups excluding carboxylic acids is 2. The summed E-state index contributed by atoms with van der Waals surface area (Å²) < 4.78 is 1.11. The third-order valence-corrected chi connectivity index (χ3v) is 7.10. The van der Waals surface area contributed by atoms with Gasteiger partial charge in [0.25, 0.3) is 5.91 Å². The van der Waals surface area contributed by atoms with E-state index in [1.807, 2.05) is 29.6 Å². The predicted molar refractivity (Wildman–Crippen MR) is 104 cm³/mol. The van der Waals surface area contributed by atoms with Crippen LogP contribution in [-0.2, 0) is 14.4 Å². The van der Waals surface area contributed by atoms with E-state index in [4.69, 9.17) is 5.73 Å². The Balaban J connectivity index is 1.49. The topological polar surface area (TPSA) is 113 Å². The number of aliphatic carboxylic acids is 1. The fourth-order valence-corrected chi connectivity index (χ4v) is 5.41. The number of hydrogen-bond acceptors (Lipinski definition) is 6. The van der Waals surface area contributed by atoms with Crippen LogP contribution < -0.4 is 11.1 Å². The highest BCUT2D eigenvalue weighted by atomic mass is 32.2. The van der Waals surface area contributed by atoms with Crippen molar-refractivity contribution in [3.05, 3.63) is 46.5 Å². The number of fused-ring (bicyclic) bond motifs is 2. The van der Waals surface area contributed by atoms with Crippen molar-refractivity contribution in [2.75, 3.05) is 5.75 Å². The van der Waals surface area contributed by atoms with E-state index in [9.17, 15) is 19.5 Å². The minimum Gasteiger partial charge on any atom is -0.477 e. The van der Waals surface area contributed by atoms with Gasteiger partial charge in [0.15, 0.2) is 0 Å². The molecule has 1 aromatic heterocycles. The molecule has 0 radical (unpaired) electrons. The van der Waals surface area contributed by atoms with Crippen LogP contribution in [0, 0.1) is 0 Å². The number of nitrogens with two attached hydrogens (primary N) is 1. The van der Waals surface area contributed by atoms with Crippen molar-refractivity contribution in [2.24, 2.45) is 5.73 Å². The molecule has 1 aromatic carbocycles. The number of β-lactam (4-membered cyclic amide) rings is 1. The molecule has 27 heavy (non-hydrogen) atoms. The largest absolute Gasteiger partial charge is 0.477 e. The van der Waals surface area contributed by atoms with E-state index >= 15 is 0 Å². The number of thioether (sulfide) groups is 1. The van der Waals surface area contributed by atoms with Crippen LogP contribution in [0.2, 0.25) is 0 Å². The van der Waals surface area contributed by atoms with Crippen molar-refractivity contribution >= 4 is 51.0 Å². The van der Waals surface area contributed by atoms with Gasteiger partial charge in [-0.25, -0.2) is 4.79 Å². The van der Waals surface area contributed by atoms with Gasteiger partial charge in [-0.2, -0.15) is 0 Å². The molecule has 0 saturated carbocycles. The van der Waals surface area contributed by atoms with Crippen LogP contribution in [0.4, 0.5) is 0 Å². The van der Waals surface area contributed by atoms with Crippen molar-refractivity contribution in [3.8, 4) is 0 Å². The summed E-state index contributed by atoms with van der Waals surface area (Å²) in [7, 11) is 0. The molecule has 0 aliphatic carbocycles. The van der Waals surface area contributed by atoms with E-state index < -0.39 is 35.2 Å². The Morgan fingerprint density at radius 3 is 2.89 bits per heavy atom. The molecule has 1 fully saturated rings. The number of nitrogens with zero attached hydrogens (tertiary/aromatic N) is 1. The molecule has 1 unspecified atom stereocenters. The lowest BCUT2D eigenvalue weighted by molar-refractivity contribution is -0.150. The molecule has 3 heterocycles. The number of thiophene rings is 1. The molecule has 4 rings (SSSR count). The van der Waals surface area contributed by atoms with Gasteiger partial charge < -0.3 is 16.2 Å². The lowest BCUT2D eigenvalue weighted by Crippen LogP contribution is -2.71. The lowest BCUT2D eigenvalue weighted by Gasteiger charge is -2.49. The van der Waals surface area contributed by atoms with Gasteiger partial charge in [-0.15, -0.1) is 23.1 Å². The minimum absolute atomic E-state index is 0.0152. The molecule has 2 aliphatic heterocycles. The SMILES string of the molecule is CC1=C(C(=O)O)N2C(=O)[C@@H](NC(=O)C(N)c3ccc4sccc4c3)[C@@H]2SC1. The highest BCUT2D eigenvalue weighted by molar-refractivity contribution is 8.00. The second-order valence-corrected chi connectivity index (χ2v) is 8.58. The highest BCUT2D eigenvalue weighted by Crippen LogP contribution is 2.40. The van der Waals surface area contributed by atoms with Crippen LogP contribution in [0.15, 0.2) is 40.9 Å².